The third-order valence-corrected chi connectivity index (χ3v) is 9.23. The summed E-state index contributed by atoms with van der Waals surface area (Å²) in [5, 5.41) is -1.05. The first kappa shape index (κ1) is 30.0. The summed E-state index contributed by atoms with van der Waals surface area (Å²) in [5.74, 6) is -5.30. The van der Waals surface area contributed by atoms with E-state index in [1.165, 1.54) is 27.7 Å². The summed E-state index contributed by atoms with van der Waals surface area (Å²) < 4.78 is 36.0. The number of ether oxygens (including phenoxy) is 6. The average Bonchev–Trinajstić information content (AvgIpc) is 3.09. The third kappa shape index (κ3) is 4.51. The van der Waals surface area contributed by atoms with E-state index < -0.39 is 94.7 Å². The highest BCUT2D eigenvalue weighted by Crippen LogP contribution is 2.61. The lowest BCUT2D eigenvalue weighted by atomic mass is 9.53. The van der Waals surface area contributed by atoms with Gasteiger partial charge in [-0.05, 0) is 25.3 Å². The van der Waals surface area contributed by atoms with E-state index in [1.807, 2.05) is 0 Å². The maximum atomic E-state index is 13.1. The summed E-state index contributed by atoms with van der Waals surface area (Å²) >= 11 is 6.89. The maximum absolute atomic E-state index is 13.1. The molecule has 40 heavy (non-hydrogen) atoms. The van der Waals surface area contributed by atoms with Gasteiger partial charge in [0.05, 0.1) is 16.7 Å². The molecule has 4 fully saturated rings. The molecule has 1 spiro atoms. The quantitative estimate of drug-likeness (QED) is 0.209. The molecule has 0 unspecified atom stereocenters. The molecule has 0 aromatic heterocycles. The molecular formula is C28H35ClO11. The lowest BCUT2D eigenvalue weighted by Crippen LogP contribution is -2.75. The molecule has 2 bridgehead atoms. The van der Waals surface area contributed by atoms with Gasteiger partial charge in [0.25, 0.3) is 0 Å². The fourth-order valence-electron chi connectivity index (χ4n) is 7.12. The topological polar surface area (TPSA) is 141 Å². The molecule has 1 saturated carbocycles. The first-order valence-corrected chi connectivity index (χ1v) is 13.6. The normalized spacial score (nSPS) is 42.3. The Morgan fingerprint density at radius 2 is 1.48 bits per heavy atom. The maximum Gasteiger partial charge on any atom is 0.312 e. The van der Waals surface area contributed by atoms with Gasteiger partial charge in [-0.3, -0.25) is 24.0 Å². The van der Waals surface area contributed by atoms with Gasteiger partial charge in [-0.25, -0.2) is 0 Å². The number of hydrogen-bond acceptors (Lipinski definition) is 11. The fourth-order valence-corrected chi connectivity index (χ4v) is 7.49. The predicted octanol–water partition coefficient (Wildman–Crippen LogP) is 2.56. The standard InChI is InChI=1S/C28H35ClO11/c1-11-9-10-18(35-14(4)30)27(8)19(11)23(37-16(6)32)28-13(3)26(34)39-24(28)20(29)12(2)21(40-28)22(36-15(5)31)25(27)38-17(7)33/h13,18-25H,1-2,9-10H2,3-8H3/t13-,18-,19+,20-,21+,22+,23-,24-,25-,27-,28+/m0/s1. The number of alkyl halides is 1. The Hall–Kier alpha value is -2.92. The van der Waals surface area contributed by atoms with E-state index in [-0.39, 0.29) is 12.0 Å². The van der Waals surface area contributed by atoms with E-state index in [2.05, 4.69) is 13.2 Å². The number of hydrogen-bond donors (Lipinski definition) is 0. The summed E-state index contributed by atoms with van der Waals surface area (Å²) in [7, 11) is 0. The SMILES string of the molecule is C=C1CC[C@H](OC(C)=O)[C@@]2(C)[C@H]1[C@H](OC(C)=O)[C@@]13O[C@H](C(=C)[C@H](Cl)[C@@H]1OC(=O)[C@@H]3C)[C@@H](OC(C)=O)[C@@H]2OC(C)=O. The van der Waals surface area contributed by atoms with Crippen LogP contribution in [0.3, 0.4) is 0 Å². The molecule has 11 nitrogen and oxygen atoms in total. The first-order valence-electron chi connectivity index (χ1n) is 13.1. The summed E-state index contributed by atoms with van der Waals surface area (Å²) in [6, 6.07) is 0. The highest BCUT2D eigenvalue weighted by atomic mass is 35.5. The summed E-state index contributed by atoms with van der Waals surface area (Å²) in [6.45, 7) is 16.4. The lowest BCUT2D eigenvalue weighted by Gasteiger charge is -2.61. The number of carbonyl (C=O) groups excluding carboxylic acids is 5. The van der Waals surface area contributed by atoms with Crippen molar-refractivity contribution in [3.63, 3.8) is 0 Å². The van der Waals surface area contributed by atoms with E-state index >= 15 is 0 Å². The van der Waals surface area contributed by atoms with Gasteiger partial charge >= 0.3 is 29.8 Å². The van der Waals surface area contributed by atoms with Gasteiger partial charge in [0.1, 0.15) is 18.3 Å². The van der Waals surface area contributed by atoms with Crippen LogP contribution >= 0.6 is 11.6 Å². The van der Waals surface area contributed by atoms with Gasteiger partial charge in [-0.2, -0.15) is 0 Å². The third-order valence-electron chi connectivity index (χ3n) is 8.72. The molecule has 0 aromatic carbocycles. The summed E-state index contributed by atoms with van der Waals surface area (Å²) in [4.78, 5) is 63.2. The monoisotopic (exact) mass is 582 g/mol. The number of rotatable bonds is 4. The zero-order valence-electron chi connectivity index (χ0n) is 23.4. The second-order valence-electron chi connectivity index (χ2n) is 11.2. The second-order valence-corrected chi connectivity index (χ2v) is 11.7. The number of esters is 5. The summed E-state index contributed by atoms with van der Waals surface area (Å²) in [5.41, 5.74) is -2.33. The van der Waals surface area contributed by atoms with E-state index in [0.717, 1.165) is 0 Å². The molecule has 3 heterocycles. The van der Waals surface area contributed by atoms with Gasteiger partial charge in [-0.1, -0.05) is 25.7 Å². The van der Waals surface area contributed by atoms with Crippen molar-refractivity contribution in [2.45, 2.75) is 102 Å². The minimum Gasteiger partial charge on any atom is -0.462 e. The predicted molar refractivity (Wildman–Crippen MR) is 138 cm³/mol. The van der Waals surface area contributed by atoms with Crippen LogP contribution in [-0.4, -0.2) is 77.4 Å². The molecule has 3 aliphatic heterocycles. The molecule has 0 aromatic rings. The van der Waals surface area contributed by atoms with E-state index in [1.54, 1.807) is 13.8 Å². The van der Waals surface area contributed by atoms with Crippen molar-refractivity contribution in [1.29, 1.82) is 0 Å². The van der Waals surface area contributed by atoms with Crippen LogP contribution in [0.5, 0.6) is 0 Å². The Morgan fingerprint density at radius 3 is 2.02 bits per heavy atom. The van der Waals surface area contributed by atoms with E-state index in [4.69, 9.17) is 40.0 Å². The first-order chi connectivity index (χ1) is 18.6. The summed E-state index contributed by atoms with van der Waals surface area (Å²) in [6.07, 6.45) is -6.58. The number of halogens is 1. The Kier molecular flexibility index (Phi) is 7.87. The van der Waals surface area contributed by atoms with Crippen LogP contribution in [0.2, 0.25) is 0 Å². The van der Waals surface area contributed by atoms with Crippen molar-refractivity contribution < 1.29 is 52.4 Å². The zero-order chi connectivity index (χ0) is 29.9. The number of fused-ring (bicyclic) bond motifs is 2. The Bertz CT molecular complexity index is 1160. The van der Waals surface area contributed by atoms with Crippen molar-refractivity contribution in [2.24, 2.45) is 17.3 Å². The second kappa shape index (κ2) is 10.5. The molecular weight excluding hydrogens is 548 g/mol. The van der Waals surface area contributed by atoms with Crippen LogP contribution in [0.15, 0.2) is 24.3 Å². The van der Waals surface area contributed by atoms with E-state index in [0.29, 0.717) is 12.0 Å². The molecule has 4 rings (SSSR count). The van der Waals surface area contributed by atoms with Crippen LogP contribution < -0.4 is 0 Å². The molecule has 4 aliphatic rings. The Labute approximate surface area is 237 Å². The van der Waals surface area contributed by atoms with Gasteiger partial charge in [0.15, 0.2) is 23.9 Å². The van der Waals surface area contributed by atoms with E-state index in [9.17, 15) is 24.0 Å². The highest BCUT2D eigenvalue weighted by molar-refractivity contribution is 6.23. The van der Waals surface area contributed by atoms with Crippen LogP contribution in [-0.2, 0) is 52.4 Å². The van der Waals surface area contributed by atoms with Gasteiger partial charge in [0, 0.05) is 33.6 Å². The molecule has 12 heteroatoms. The van der Waals surface area contributed by atoms with Crippen molar-refractivity contribution in [1.82, 2.24) is 0 Å². The molecule has 0 N–H and O–H groups in total. The van der Waals surface area contributed by atoms with Crippen LogP contribution in [0, 0.1) is 17.3 Å². The Balaban J connectivity index is 2.11. The average molecular weight is 583 g/mol. The van der Waals surface area contributed by atoms with Gasteiger partial charge < -0.3 is 28.4 Å². The molecule has 220 valence electrons. The van der Waals surface area contributed by atoms with Crippen molar-refractivity contribution in [3.05, 3.63) is 24.3 Å². The lowest BCUT2D eigenvalue weighted by molar-refractivity contribution is -0.294. The largest absolute Gasteiger partial charge is 0.462 e. The minimum absolute atomic E-state index is 0.204. The van der Waals surface area contributed by atoms with Gasteiger partial charge in [0.2, 0.25) is 0 Å². The molecule has 0 radical (unpaired) electrons. The van der Waals surface area contributed by atoms with Crippen molar-refractivity contribution >= 4 is 41.4 Å². The molecule has 1 aliphatic carbocycles. The molecule has 3 saturated heterocycles. The van der Waals surface area contributed by atoms with Crippen molar-refractivity contribution in [3.8, 4) is 0 Å². The minimum atomic E-state index is -1.69. The van der Waals surface area contributed by atoms with Crippen LogP contribution in [0.4, 0.5) is 0 Å². The zero-order valence-corrected chi connectivity index (χ0v) is 24.1. The Morgan fingerprint density at radius 1 is 0.925 bits per heavy atom. The fraction of sp³-hybridized carbons (Fsp3) is 0.679. The smallest absolute Gasteiger partial charge is 0.312 e. The van der Waals surface area contributed by atoms with Crippen LogP contribution in [0.1, 0.15) is 54.4 Å². The number of carbonyl (C=O) groups is 5. The van der Waals surface area contributed by atoms with Gasteiger partial charge in [-0.15, -0.1) is 11.6 Å². The highest BCUT2D eigenvalue weighted by Gasteiger charge is 2.75. The molecule has 11 atom stereocenters. The van der Waals surface area contributed by atoms with Crippen molar-refractivity contribution in [2.75, 3.05) is 0 Å². The van der Waals surface area contributed by atoms with Crippen LogP contribution in [0.25, 0.3) is 0 Å². The molecule has 0 amide bonds.